The van der Waals surface area contributed by atoms with Crippen molar-refractivity contribution in [2.75, 3.05) is 0 Å². The van der Waals surface area contributed by atoms with Crippen LogP contribution in [-0.2, 0) is 4.79 Å². The van der Waals surface area contributed by atoms with Crippen molar-refractivity contribution in [1.82, 2.24) is 0 Å². The molecule has 0 aromatic heterocycles. The van der Waals surface area contributed by atoms with Gasteiger partial charge in [0, 0.05) is 33.1 Å². The molecular formula is C10H10Cl3NO2. The van der Waals surface area contributed by atoms with E-state index in [-0.39, 0.29) is 12.8 Å². The fraction of sp³-hybridized carbons (Fsp3) is 0.300. The molecule has 0 aliphatic heterocycles. The Morgan fingerprint density at radius 3 is 2.25 bits per heavy atom. The van der Waals surface area contributed by atoms with Gasteiger partial charge in [-0.15, -0.1) is 0 Å². The van der Waals surface area contributed by atoms with Crippen molar-refractivity contribution in [1.29, 1.82) is 0 Å². The SMILES string of the molecule is NC(CCC(=O)O)c1c(Cl)cc(Cl)cc1Cl. The van der Waals surface area contributed by atoms with Crippen LogP contribution in [0.3, 0.4) is 0 Å². The second-order valence-electron chi connectivity index (χ2n) is 3.32. The lowest BCUT2D eigenvalue weighted by Gasteiger charge is -2.14. The summed E-state index contributed by atoms with van der Waals surface area (Å²) in [5, 5.41) is 9.68. The van der Waals surface area contributed by atoms with E-state index in [2.05, 4.69) is 0 Å². The van der Waals surface area contributed by atoms with E-state index in [4.69, 9.17) is 45.6 Å². The van der Waals surface area contributed by atoms with Gasteiger partial charge in [-0.2, -0.15) is 0 Å². The molecule has 0 aliphatic carbocycles. The first-order valence-electron chi connectivity index (χ1n) is 4.53. The van der Waals surface area contributed by atoms with E-state index in [1.54, 1.807) is 0 Å². The molecule has 1 unspecified atom stereocenters. The Balaban J connectivity index is 2.90. The predicted molar refractivity (Wildman–Crippen MR) is 65.3 cm³/mol. The maximum Gasteiger partial charge on any atom is 0.303 e. The minimum atomic E-state index is -0.906. The van der Waals surface area contributed by atoms with Crippen LogP contribution in [0.2, 0.25) is 15.1 Å². The van der Waals surface area contributed by atoms with Crippen LogP contribution in [0, 0.1) is 0 Å². The number of carboxylic acid groups (broad SMARTS) is 1. The molecule has 0 aliphatic rings. The average molecular weight is 283 g/mol. The van der Waals surface area contributed by atoms with E-state index in [0.717, 1.165) is 0 Å². The quantitative estimate of drug-likeness (QED) is 0.888. The number of nitrogens with two attached hydrogens (primary N) is 1. The van der Waals surface area contributed by atoms with Gasteiger partial charge in [0.25, 0.3) is 0 Å². The van der Waals surface area contributed by atoms with E-state index in [1.807, 2.05) is 0 Å². The highest BCUT2D eigenvalue weighted by Gasteiger charge is 2.16. The monoisotopic (exact) mass is 281 g/mol. The molecule has 0 fully saturated rings. The van der Waals surface area contributed by atoms with Crippen molar-refractivity contribution in [2.24, 2.45) is 5.73 Å². The highest BCUT2D eigenvalue weighted by molar-refractivity contribution is 6.39. The molecule has 0 spiro atoms. The molecule has 3 nitrogen and oxygen atoms in total. The number of carbonyl (C=O) groups is 1. The Kier molecular flexibility index (Phi) is 4.87. The molecule has 0 amide bonds. The zero-order valence-corrected chi connectivity index (χ0v) is 10.5. The van der Waals surface area contributed by atoms with Gasteiger partial charge >= 0.3 is 5.97 Å². The van der Waals surface area contributed by atoms with Crippen LogP contribution in [0.1, 0.15) is 24.4 Å². The fourth-order valence-corrected chi connectivity index (χ4v) is 2.43. The topological polar surface area (TPSA) is 63.3 Å². The van der Waals surface area contributed by atoms with Gasteiger partial charge in [0.05, 0.1) is 0 Å². The number of aliphatic carboxylic acids is 1. The van der Waals surface area contributed by atoms with E-state index in [1.165, 1.54) is 12.1 Å². The summed E-state index contributed by atoms with van der Waals surface area (Å²) < 4.78 is 0. The van der Waals surface area contributed by atoms with E-state index in [0.29, 0.717) is 20.6 Å². The minimum Gasteiger partial charge on any atom is -0.481 e. The van der Waals surface area contributed by atoms with Crippen molar-refractivity contribution in [2.45, 2.75) is 18.9 Å². The summed E-state index contributed by atoms with van der Waals surface area (Å²) in [4.78, 5) is 10.4. The lowest BCUT2D eigenvalue weighted by atomic mass is 10.0. The summed E-state index contributed by atoms with van der Waals surface area (Å²) in [6, 6.07) is 2.56. The number of halogens is 3. The van der Waals surface area contributed by atoms with E-state index >= 15 is 0 Å². The van der Waals surface area contributed by atoms with Crippen molar-refractivity contribution in [3.8, 4) is 0 Å². The van der Waals surface area contributed by atoms with Gasteiger partial charge in [-0.25, -0.2) is 0 Å². The molecule has 0 saturated carbocycles. The summed E-state index contributed by atoms with van der Waals surface area (Å²) in [5.74, 6) is -0.906. The van der Waals surface area contributed by atoms with Gasteiger partial charge in [-0.3, -0.25) is 4.79 Å². The Morgan fingerprint density at radius 1 is 1.31 bits per heavy atom. The zero-order chi connectivity index (χ0) is 12.3. The first-order chi connectivity index (χ1) is 7.41. The van der Waals surface area contributed by atoms with Crippen molar-refractivity contribution < 1.29 is 9.90 Å². The summed E-state index contributed by atoms with van der Waals surface area (Å²) in [6.45, 7) is 0. The molecule has 6 heteroatoms. The first-order valence-corrected chi connectivity index (χ1v) is 5.67. The highest BCUT2D eigenvalue weighted by Crippen LogP contribution is 2.34. The molecule has 0 saturated heterocycles. The lowest BCUT2D eigenvalue weighted by molar-refractivity contribution is -0.137. The molecular weight excluding hydrogens is 272 g/mol. The smallest absolute Gasteiger partial charge is 0.303 e. The maximum atomic E-state index is 10.4. The Labute approximate surface area is 108 Å². The normalized spacial score (nSPS) is 12.5. The zero-order valence-electron chi connectivity index (χ0n) is 8.21. The van der Waals surface area contributed by atoms with Crippen LogP contribution in [0.5, 0.6) is 0 Å². The summed E-state index contributed by atoms with van der Waals surface area (Å²) >= 11 is 17.6. The molecule has 3 N–H and O–H groups in total. The first kappa shape index (κ1) is 13.6. The molecule has 1 rings (SSSR count). The van der Waals surface area contributed by atoms with Crippen LogP contribution in [-0.4, -0.2) is 11.1 Å². The van der Waals surface area contributed by atoms with Crippen LogP contribution >= 0.6 is 34.8 Å². The molecule has 16 heavy (non-hydrogen) atoms. The van der Waals surface area contributed by atoms with Crippen molar-refractivity contribution in [3.05, 3.63) is 32.8 Å². The third-order valence-corrected chi connectivity index (χ3v) is 2.93. The molecule has 1 aromatic carbocycles. The van der Waals surface area contributed by atoms with Crippen LogP contribution in [0.25, 0.3) is 0 Å². The summed E-state index contributed by atoms with van der Waals surface area (Å²) in [6.07, 6.45) is 0.243. The van der Waals surface area contributed by atoms with Gasteiger partial charge < -0.3 is 10.8 Å². The number of benzene rings is 1. The largest absolute Gasteiger partial charge is 0.481 e. The molecule has 1 atom stereocenters. The Bertz CT molecular complexity index is 386. The third-order valence-electron chi connectivity index (χ3n) is 2.08. The molecule has 0 bridgehead atoms. The van der Waals surface area contributed by atoms with Gasteiger partial charge in [0.1, 0.15) is 0 Å². The van der Waals surface area contributed by atoms with Crippen LogP contribution in [0.4, 0.5) is 0 Å². The van der Waals surface area contributed by atoms with Crippen LogP contribution in [0.15, 0.2) is 12.1 Å². The molecule has 1 aromatic rings. The Hall–Kier alpha value is -0.480. The molecule has 0 heterocycles. The third kappa shape index (κ3) is 3.52. The minimum absolute atomic E-state index is 0.0313. The maximum absolute atomic E-state index is 10.4. The second kappa shape index (κ2) is 5.73. The van der Waals surface area contributed by atoms with Crippen molar-refractivity contribution in [3.63, 3.8) is 0 Å². The van der Waals surface area contributed by atoms with E-state index in [9.17, 15) is 4.79 Å². The summed E-state index contributed by atoms with van der Waals surface area (Å²) in [7, 11) is 0. The van der Waals surface area contributed by atoms with Gasteiger partial charge in [0.15, 0.2) is 0 Å². The number of hydrogen-bond acceptors (Lipinski definition) is 2. The van der Waals surface area contributed by atoms with Crippen LogP contribution < -0.4 is 5.73 Å². The molecule has 0 radical (unpaired) electrons. The number of rotatable bonds is 4. The second-order valence-corrected chi connectivity index (χ2v) is 4.57. The summed E-state index contributed by atoms with van der Waals surface area (Å²) in [5.41, 5.74) is 6.36. The number of carboxylic acids is 1. The Morgan fingerprint density at radius 2 is 1.81 bits per heavy atom. The van der Waals surface area contributed by atoms with E-state index < -0.39 is 12.0 Å². The van der Waals surface area contributed by atoms with Gasteiger partial charge in [-0.1, -0.05) is 34.8 Å². The highest BCUT2D eigenvalue weighted by atomic mass is 35.5. The van der Waals surface area contributed by atoms with Gasteiger partial charge in [0.2, 0.25) is 0 Å². The molecule has 88 valence electrons. The van der Waals surface area contributed by atoms with Gasteiger partial charge in [-0.05, 0) is 18.6 Å². The lowest BCUT2D eigenvalue weighted by Crippen LogP contribution is -2.13. The standard InChI is InChI=1S/C10H10Cl3NO2/c11-5-3-6(12)10(7(13)4-5)8(14)1-2-9(15)16/h3-4,8H,1-2,14H2,(H,15,16). The number of hydrogen-bond donors (Lipinski definition) is 2. The average Bonchev–Trinajstić information content (AvgIpc) is 2.12. The van der Waals surface area contributed by atoms with Crippen molar-refractivity contribution >= 4 is 40.8 Å². The predicted octanol–water partition coefficient (Wildman–Crippen LogP) is 3.51. The fourth-order valence-electron chi connectivity index (χ4n) is 1.33.